The third-order valence-electron chi connectivity index (χ3n) is 5.72. The highest BCUT2D eigenvalue weighted by molar-refractivity contribution is 5.51. The molecule has 2 aromatic rings. The lowest BCUT2D eigenvalue weighted by molar-refractivity contribution is -0.914. The van der Waals surface area contributed by atoms with E-state index in [0.29, 0.717) is 5.75 Å². The Kier molecular flexibility index (Phi) is 5.36. The quantitative estimate of drug-likeness (QED) is 0.855. The number of pyridine rings is 1. The topological polar surface area (TPSA) is 37.6 Å². The van der Waals surface area contributed by atoms with E-state index >= 15 is 0 Å². The molecule has 0 amide bonds. The summed E-state index contributed by atoms with van der Waals surface area (Å²) in [6, 6.07) is 10.9. The van der Waals surface area contributed by atoms with Crippen molar-refractivity contribution in [2.24, 2.45) is 0 Å². The van der Waals surface area contributed by atoms with Crippen molar-refractivity contribution in [1.29, 1.82) is 0 Å². The lowest BCUT2D eigenvalue weighted by Gasteiger charge is -2.31. The maximum absolute atomic E-state index is 11.1. The fourth-order valence-corrected chi connectivity index (χ4v) is 4.25. The van der Waals surface area contributed by atoms with E-state index in [1.165, 1.54) is 31.5 Å². The van der Waals surface area contributed by atoms with Crippen molar-refractivity contribution >= 4 is 0 Å². The van der Waals surface area contributed by atoms with Crippen LogP contribution in [0.3, 0.4) is 0 Å². The van der Waals surface area contributed by atoms with Crippen LogP contribution in [0, 0.1) is 0 Å². The fraction of sp³-hybridized carbons (Fsp3) is 0.542. The van der Waals surface area contributed by atoms with Gasteiger partial charge in [0.1, 0.15) is 11.4 Å². The Labute approximate surface area is 164 Å². The number of aromatic hydroxyl groups is 1. The van der Waals surface area contributed by atoms with E-state index in [4.69, 9.17) is 4.98 Å². The number of quaternary nitrogens is 1. The number of nitrogens with one attached hydrogen (secondary N) is 1. The zero-order valence-electron chi connectivity index (χ0n) is 17.8. The van der Waals surface area contributed by atoms with E-state index in [0.717, 1.165) is 16.8 Å². The van der Waals surface area contributed by atoms with Gasteiger partial charge in [0, 0.05) is 35.7 Å². The molecule has 27 heavy (non-hydrogen) atoms. The lowest BCUT2D eigenvalue weighted by atomic mass is 9.77. The predicted molar refractivity (Wildman–Crippen MR) is 112 cm³/mol. The summed E-state index contributed by atoms with van der Waals surface area (Å²) in [4.78, 5) is 6.31. The van der Waals surface area contributed by atoms with Crippen LogP contribution in [0.5, 0.6) is 5.75 Å². The monoisotopic (exact) mass is 367 g/mol. The fourth-order valence-electron chi connectivity index (χ4n) is 4.25. The number of phenolic OH excluding ortho intramolecular Hbond substituents is 1. The first kappa shape index (κ1) is 19.9. The molecule has 0 spiro atoms. The molecule has 1 aromatic heterocycles. The summed E-state index contributed by atoms with van der Waals surface area (Å²) in [5.74, 6) is 0.454. The van der Waals surface area contributed by atoms with E-state index in [1.54, 1.807) is 4.90 Å². The Morgan fingerprint density at radius 1 is 0.926 bits per heavy atom. The number of rotatable bonds is 3. The van der Waals surface area contributed by atoms with Crippen molar-refractivity contribution in [2.75, 3.05) is 13.1 Å². The molecule has 3 rings (SSSR count). The number of benzene rings is 1. The van der Waals surface area contributed by atoms with E-state index in [1.807, 2.05) is 12.3 Å². The van der Waals surface area contributed by atoms with E-state index in [9.17, 15) is 5.11 Å². The summed E-state index contributed by atoms with van der Waals surface area (Å²) in [6.45, 7) is 15.4. The number of likely N-dealkylation sites (tertiary alicyclic amines) is 1. The highest BCUT2D eigenvalue weighted by atomic mass is 16.3. The van der Waals surface area contributed by atoms with Crippen LogP contribution in [0.2, 0.25) is 0 Å². The van der Waals surface area contributed by atoms with Gasteiger partial charge in [0.15, 0.2) is 6.04 Å². The van der Waals surface area contributed by atoms with Crippen LogP contribution in [0.25, 0.3) is 0 Å². The Hall–Kier alpha value is -1.87. The van der Waals surface area contributed by atoms with Crippen LogP contribution < -0.4 is 4.90 Å². The maximum Gasteiger partial charge on any atom is 0.156 e. The van der Waals surface area contributed by atoms with E-state index in [2.05, 4.69) is 65.8 Å². The standard InChI is InChI=1S/C24H34N2O/c1-23(2,3)18-15-17(16-19(22(18)27)24(4,5)6)21(26-13-9-10-14-26)20-11-7-8-12-25-20/h7-8,11-12,15-16,21,27H,9-10,13-14H2,1-6H3/p+1/t21-/m0/s1. The van der Waals surface area contributed by atoms with Crippen LogP contribution in [0.1, 0.15) is 82.8 Å². The van der Waals surface area contributed by atoms with Gasteiger partial charge >= 0.3 is 0 Å². The molecule has 1 aromatic carbocycles. The van der Waals surface area contributed by atoms with Gasteiger partial charge < -0.3 is 10.0 Å². The van der Waals surface area contributed by atoms with Gasteiger partial charge in [-0.2, -0.15) is 0 Å². The Morgan fingerprint density at radius 3 is 1.93 bits per heavy atom. The average molecular weight is 368 g/mol. The molecule has 0 unspecified atom stereocenters. The second kappa shape index (κ2) is 7.27. The van der Waals surface area contributed by atoms with Crippen molar-refractivity contribution in [2.45, 2.75) is 71.3 Å². The van der Waals surface area contributed by atoms with Crippen LogP contribution >= 0.6 is 0 Å². The first-order valence-corrected chi connectivity index (χ1v) is 10.2. The summed E-state index contributed by atoms with van der Waals surface area (Å²) >= 11 is 0. The molecular formula is C24H35N2O+. The molecule has 0 radical (unpaired) electrons. The molecule has 1 atom stereocenters. The SMILES string of the molecule is CC(C)(C)c1cc([C@@H](c2ccccn2)[NH+]2CCCC2)cc(C(C)(C)C)c1O. The third-order valence-corrected chi connectivity index (χ3v) is 5.72. The largest absolute Gasteiger partial charge is 0.507 e. The molecule has 1 aliphatic rings. The molecule has 0 bridgehead atoms. The molecule has 1 fully saturated rings. The summed E-state index contributed by atoms with van der Waals surface area (Å²) in [5, 5.41) is 11.1. The normalized spacial score (nSPS) is 17.3. The van der Waals surface area contributed by atoms with Gasteiger partial charge in [-0.25, -0.2) is 0 Å². The van der Waals surface area contributed by atoms with Gasteiger partial charge in [0.25, 0.3) is 0 Å². The summed E-state index contributed by atoms with van der Waals surface area (Å²) in [5.41, 5.74) is 4.23. The Bertz CT molecular complexity index is 743. The van der Waals surface area contributed by atoms with Gasteiger partial charge in [-0.3, -0.25) is 4.98 Å². The first-order chi connectivity index (χ1) is 12.6. The molecule has 1 saturated heterocycles. The van der Waals surface area contributed by atoms with Crippen molar-refractivity contribution in [1.82, 2.24) is 4.98 Å². The summed E-state index contributed by atoms with van der Waals surface area (Å²) in [7, 11) is 0. The van der Waals surface area contributed by atoms with Gasteiger partial charge in [-0.05, 0) is 35.1 Å². The second-order valence-corrected chi connectivity index (χ2v) is 10.0. The Balaban J connectivity index is 2.22. The molecule has 1 aliphatic heterocycles. The summed E-state index contributed by atoms with van der Waals surface area (Å²) in [6.07, 6.45) is 4.44. The van der Waals surface area contributed by atoms with Crippen molar-refractivity contribution in [3.63, 3.8) is 0 Å². The molecule has 0 saturated carbocycles. The summed E-state index contributed by atoms with van der Waals surface area (Å²) < 4.78 is 0. The zero-order valence-corrected chi connectivity index (χ0v) is 17.8. The first-order valence-electron chi connectivity index (χ1n) is 10.2. The van der Waals surface area contributed by atoms with Crippen LogP contribution in [-0.2, 0) is 10.8 Å². The number of hydrogen-bond acceptors (Lipinski definition) is 2. The number of nitrogens with zero attached hydrogens (tertiary/aromatic N) is 1. The number of phenols is 1. The highest BCUT2D eigenvalue weighted by Crippen LogP contribution is 2.41. The minimum absolute atomic E-state index is 0.116. The van der Waals surface area contributed by atoms with Gasteiger partial charge in [0.2, 0.25) is 0 Å². The molecule has 3 nitrogen and oxygen atoms in total. The number of aromatic nitrogens is 1. The molecule has 0 aliphatic carbocycles. The van der Waals surface area contributed by atoms with Gasteiger partial charge in [-0.15, -0.1) is 0 Å². The maximum atomic E-state index is 11.1. The molecule has 2 N–H and O–H groups in total. The molecule has 146 valence electrons. The molecular weight excluding hydrogens is 332 g/mol. The van der Waals surface area contributed by atoms with Crippen molar-refractivity contribution in [3.05, 3.63) is 58.9 Å². The third kappa shape index (κ3) is 4.19. The van der Waals surface area contributed by atoms with Gasteiger partial charge in [-0.1, -0.05) is 47.6 Å². The van der Waals surface area contributed by atoms with Crippen LogP contribution in [0.4, 0.5) is 0 Å². The predicted octanol–water partition coefficient (Wildman–Crippen LogP) is 4.15. The van der Waals surface area contributed by atoms with Gasteiger partial charge in [0.05, 0.1) is 13.1 Å². The van der Waals surface area contributed by atoms with Crippen molar-refractivity contribution in [3.8, 4) is 5.75 Å². The minimum atomic E-state index is -0.116. The number of hydrogen-bond donors (Lipinski definition) is 2. The lowest BCUT2D eigenvalue weighted by Crippen LogP contribution is -3.10. The highest BCUT2D eigenvalue weighted by Gasteiger charge is 2.34. The molecule has 2 heterocycles. The Morgan fingerprint density at radius 2 is 1.48 bits per heavy atom. The average Bonchev–Trinajstić information content (AvgIpc) is 3.09. The van der Waals surface area contributed by atoms with E-state index in [-0.39, 0.29) is 16.9 Å². The van der Waals surface area contributed by atoms with Crippen LogP contribution in [-0.4, -0.2) is 23.2 Å². The second-order valence-electron chi connectivity index (χ2n) is 10.0. The molecule has 3 heteroatoms. The smallest absolute Gasteiger partial charge is 0.156 e. The van der Waals surface area contributed by atoms with E-state index < -0.39 is 0 Å². The van der Waals surface area contributed by atoms with Crippen molar-refractivity contribution < 1.29 is 10.0 Å². The van der Waals surface area contributed by atoms with Crippen LogP contribution in [0.15, 0.2) is 36.5 Å². The zero-order chi connectivity index (χ0) is 19.8. The minimum Gasteiger partial charge on any atom is -0.507 e.